The van der Waals surface area contributed by atoms with E-state index in [1.807, 2.05) is 4.72 Å². The molecule has 19 heavy (non-hydrogen) atoms. The summed E-state index contributed by atoms with van der Waals surface area (Å²) in [4.78, 5) is -0.989. The van der Waals surface area contributed by atoms with Crippen LogP contribution in [0.2, 0.25) is 0 Å². The molecule has 0 fully saturated rings. The Morgan fingerprint density at radius 3 is 2.42 bits per heavy atom. The molecule has 0 atom stereocenters. The van der Waals surface area contributed by atoms with Crippen LogP contribution in [0.1, 0.15) is 0 Å². The molecule has 0 bridgehead atoms. The van der Waals surface area contributed by atoms with Crippen LogP contribution in [0, 0.1) is 17.5 Å². The highest BCUT2D eigenvalue weighted by Crippen LogP contribution is 2.21. The summed E-state index contributed by atoms with van der Waals surface area (Å²) in [7, 11) is -2.83. The van der Waals surface area contributed by atoms with E-state index < -0.39 is 32.4 Å². The summed E-state index contributed by atoms with van der Waals surface area (Å²) in [6.45, 7) is 0. The molecule has 1 aromatic heterocycles. The van der Waals surface area contributed by atoms with Crippen LogP contribution in [0.5, 0.6) is 0 Å². The fourth-order valence-corrected chi connectivity index (χ4v) is 2.44. The Hall–Kier alpha value is -2.03. The first-order valence-corrected chi connectivity index (χ1v) is 6.45. The quantitative estimate of drug-likeness (QED) is 0.874. The van der Waals surface area contributed by atoms with E-state index in [0.717, 1.165) is 0 Å². The molecule has 0 spiro atoms. The molecular weight excluding hydrogens is 283 g/mol. The van der Waals surface area contributed by atoms with Gasteiger partial charge in [0.2, 0.25) is 0 Å². The number of benzene rings is 1. The van der Waals surface area contributed by atoms with Crippen LogP contribution in [0.3, 0.4) is 0 Å². The first-order chi connectivity index (χ1) is 8.81. The van der Waals surface area contributed by atoms with Gasteiger partial charge in [-0.15, -0.1) is 0 Å². The summed E-state index contributed by atoms with van der Waals surface area (Å²) < 4.78 is 66.0. The van der Waals surface area contributed by atoms with Crippen LogP contribution in [0.25, 0.3) is 0 Å². The number of nitrogens with one attached hydrogen (secondary N) is 1. The topological polar surface area (TPSA) is 64.0 Å². The number of halogens is 3. The van der Waals surface area contributed by atoms with Gasteiger partial charge in [0.25, 0.3) is 10.0 Å². The molecule has 0 saturated heterocycles. The van der Waals surface area contributed by atoms with Gasteiger partial charge in [0.1, 0.15) is 4.90 Å². The number of aromatic nitrogens is 2. The third-order valence-electron chi connectivity index (χ3n) is 2.24. The molecule has 1 heterocycles. The van der Waals surface area contributed by atoms with Gasteiger partial charge in [-0.1, -0.05) is 0 Å². The van der Waals surface area contributed by atoms with Crippen LogP contribution in [-0.2, 0) is 17.1 Å². The lowest BCUT2D eigenvalue weighted by molar-refractivity contribution is 0.432. The standard InChI is InChI=1S/C10H8F3N3O2S/c1-16-5-4-8(14-16)15-19(17,18)7-3-2-6(11)9(12)10(7)13/h2-5H,1H3,(H,14,15). The van der Waals surface area contributed by atoms with Crippen LogP contribution < -0.4 is 4.72 Å². The smallest absolute Gasteiger partial charge is 0.266 e. The maximum Gasteiger partial charge on any atom is 0.266 e. The second kappa shape index (κ2) is 4.57. The lowest BCUT2D eigenvalue weighted by Crippen LogP contribution is -2.16. The van der Waals surface area contributed by atoms with Crippen molar-refractivity contribution in [3.63, 3.8) is 0 Å². The van der Waals surface area contributed by atoms with Crippen molar-refractivity contribution >= 4 is 15.8 Å². The fourth-order valence-electron chi connectivity index (χ4n) is 1.38. The zero-order chi connectivity index (χ0) is 14.2. The molecule has 2 aromatic rings. The number of hydrogen-bond acceptors (Lipinski definition) is 3. The summed E-state index contributed by atoms with van der Waals surface area (Å²) in [6, 6.07) is 2.50. The van der Waals surface area contributed by atoms with Gasteiger partial charge in [-0.05, 0) is 12.1 Å². The van der Waals surface area contributed by atoms with Crippen molar-refractivity contribution in [1.29, 1.82) is 0 Å². The van der Waals surface area contributed by atoms with Crippen molar-refractivity contribution in [2.75, 3.05) is 4.72 Å². The lowest BCUT2D eigenvalue weighted by atomic mass is 10.3. The van der Waals surface area contributed by atoms with E-state index in [-0.39, 0.29) is 5.82 Å². The highest BCUT2D eigenvalue weighted by Gasteiger charge is 2.24. The molecule has 5 nitrogen and oxygen atoms in total. The Balaban J connectivity index is 2.43. The van der Waals surface area contributed by atoms with Crippen molar-refractivity contribution in [1.82, 2.24) is 9.78 Å². The normalized spacial score (nSPS) is 11.6. The molecule has 0 aliphatic carbocycles. The Kier molecular flexibility index (Phi) is 3.23. The predicted octanol–water partition coefficient (Wildman–Crippen LogP) is 1.64. The minimum absolute atomic E-state index is 0.0633. The Morgan fingerprint density at radius 1 is 1.16 bits per heavy atom. The second-order valence-corrected chi connectivity index (χ2v) is 5.30. The van der Waals surface area contributed by atoms with E-state index >= 15 is 0 Å². The molecule has 0 aliphatic heterocycles. The zero-order valence-corrected chi connectivity index (χ0v) is 10.4. The third kappa shape index (κ3) is 2.55. The first-order valence-electron chi connectivity index (χ1n) is 4.97. The van der Waals surface area contributed by atoms with E-state index in [0.29, 0.717) is 12.1 Å². The van der Waals surface area contributed by atoms with E-state index in [2.05, 4.69) is 5.10 Å². The molecule has 1 aromatic carbocycles. The predicted molar refractivity (Wildman–Crippen MR) is 60.3 cm³/mol. The van der Waals surface area contributed by atoms with Gasteiger partial charge >= 0.3 is 0 Å². The average molecular weight is 291 g/mol. The summed E-state index contributed by atoms with van der Waals surface area (Å²) in [5.41, 5.74) is 0. The van der Waals surface area contributed by atoms with Crippen molar-refractivity contribution in [2.45, 2.75) is 4.90 Å². The number of hydrogen-bond donors (Lipinski definition) is 1. The van der Waals surface area contributed by atoms with Gasteiger partial charge in [-0.25, -0.2) is 21.6 Å². The Labute approximate surface area is 106 Å². The van der Waals surface area contributed by atoms with E-state index in [9.17, 15) is 21.6 Å². The summed E-state index contributed by atoms with van der Waals surface area (Å²) in [5, 5.41) is 3.73. The number of rotatable bonds is 3. The number of aryl methyl sites for hydroxylation is 1. The molecule has 2 rings (SSSR count). The maximum absolute atomic E-state index is 13.4. The molecule has 0 saturated carbocycles. The van der Waals surface area contributed by atoms with Crippen LogP contribution in [0.4, 0.5) is 19.0 Å². The highest BCUT2D eigenvalue weighted by atomic mass is 32.2. The molecule has 9 heteroatoms. The molecule has 0 radical (unpaired) electrons. The summed E-state index contributed by atoms with van der Waals surface area (Å²) >= 11 is 0. The van der Waals surface area contributed by atoms with Gasteiger partial charge in [0, 0.05) is 19.3 Å². The second-order valence-electron chi connectivity index (χ2n) is 3.65. The van der Waals surface area contributed by atoms with Crippen molar-refractivity contribution in [3.8, 4) is 0 Å². The first kappa shape index (κ1) is 13.4. The molecule has 0 aliphatic rings. The number of nitrogens with zero attached hydrogens (tertiary/aromatic N) is 2. The van der Waals surface area contributed by atoms with Gasteiger partial charge < -0.3 is 0 Å². The van der Waals surface area contributed by atoms with E-state index in [1.54, 1.807) is 7.05 Å². The summed E-state index contributed by atoms with van der Waals surface area (Å²) in [6.07, 6.45) is 1.46. The molecular formula is C10H8F3N3O2S. The van der Waals surface area contributed by atoms with Crippen molar-refractivity contribution in [2.24, 2.45) is 7.05 Å². The van der Waals surface area contributed by atoms with Crippen molar-refractivity contribution < 1.29 is 21.6 Å². The Morgan fingerprint density at radius 2 is 1.84 bits per heavy atom. The van der Waals surface area contributed by atoms with Gasteiger partial charge in [0.05, 0.1) is 0 Å². The van der Waals surface area contributed by atoms with E-state index in [1.165, 1.54) is 16.9 Å². The van der Waals surface area contributed by atoms with Gasteiger partial charge in [0.15, 0.2) is 23.3 Å². The third-order valence-corrected chi connectivity index (χ3v) is 3.61. The SMILES string of the molecule is Cn1ccc(NS(=O)(=O)c2ccc(F)c(F)c2F)n1. The fraction of sp³-hybridized carbons (Fsp3) is 0.100. The lowest BCUT2D eigenvalue weighted by Gasteiger charge is -2.07. The van der Waals surface area contributed by atoms with Crippen molar-refractivity contribution in [3.05, 3.63) is 41.8 Å². The molecule has 0 amide bonds. The maximum atomic E-state index is 13.4. The molecule has 0 unspecified atom stereocenters. The van der Waals surface area contributed by atoms with Crippen LogP contribution in [-0.4, -0.2) is 18.2 Å². The van der Waals surface area contributed by atoms with Crippen LogP contribution >= 0.6 is 0 Å². The Bertz CT molecular complexity index is 728. The largest absolute Gasteiger partial charge is 0.274 e. The monoisotopic (exact) mass is 291 g/mol. The van der Waals surface area contributed by atoms with Gasteiger partial charge in [-0.3, -0.25) is 9.40 Å². The minimum atomic E-state index is -4.38. The van der Waals surface area contributed by atoms with Crippen LogP contribution in [0.15, 0.2) is 29.3 Å². The summed E-state index contributed by atoms with van der Waals surface area (Å²) in [5.74, 6) is -5.15. The highest BCUT2D eigenvalue weighted by molar-refractivity contribution is 7.92. The minimum Gasteiger partial charge on any atom is -0.274 e. The van der Waals surface area contributed by atoms with Gasteiger partial charge in [-0.2, -0.15) is 5.10 Å². The molecule has 102 valence electrons. The van der Waals surface area contributed by atoms with E-state index in [4.69, 9.17) is 0 Å². The zero-order valence-electron chi connectivity index (χ0n) is 9.56. The number of anilines is 1. The number of sulfonamides is 1. The molecule has 1 N–H and O–H groups in total. The average Bonchev–Trinajstić information content (AvgIpc) is 2.70.